The molecule has 35 heavy (non-hydrogen) atoms. The number of benzene rings is 2. The summed E-state index contributed by atoms with van der Waals surface area (Å²) in [7, 11) is 0. The van der Waals surface area contributed by atoms with Crippen LogP contribution in [0.3, 0.4) is 0 Å². The minimum Gasteiger partial charge on any atom is -0.370 e. The predicted octanol–water partition coefficient (Wildman–Crippen LogP) is 5.49. The Bertz CT molecular complexity index is 1170. The highest BCUT2D eigenvalue weighted by atomic mass is 16.5. The number of piperidine rings is 1. The molecule has 1 aliphatic carbocycles. The lowest BCUT2D eigenvalue weighted by atomic mass is 9.74. The molecule has 5 rings (SSSR count). The van der Waals surface area contributed by atoms with Crippen molar-refractivity contribution in [2.75, 3.05) is 31.6 Å². The van der Waals surface area contributed by atoms with Crippen LogP contribution in [0.5, 0.6) is 0 Å². The maximum absolute atomic E-state index is 13.2. The summed E-state index contributed by atoms with van der Waals surface area (Å²) in [6.45, 7) is 10.9. The lowest BCUT2D eigenvalue weighted by Crippen LogP contribution is -2.46. The van der Waals surface area contributed by atoms with E-state index in [4.69, 9.17) is 4.74 Å². The summed E-state index contributed by atoms with van der Waals surface area (Å²) in [5, 5.41) is 1.32. The fourth-order valence-electron chi connectivity index (χ4n) is 6.19. The van der Waals surface area contributed by atoms with Crippen molar-refractivity contribution in [3.63, 3.8) is 0 Å². The van der Waals surface area contributed by atoms with E-state index in [2.05, 4.69) is 47.6 Å². The van der Waals surface area contributed by atoms with Gasteiger partial charge in [-0.1, -0.05) is 49.4 Å². The first-order chi connectivity index (χ1) is 17.2. The van der Waals surface area contributed by atoms with Crippen LogP contribution in [0.4, 0.5) is 4.79 Å². The first kappa shape index (κ1) is 23.9. The average Bonchev–Trinajstić information content (AvgIpc) is 3.18. The highest BCUT2D eigenvalue weighted by Crippen LogP contribution is 2.45. The molecule has 1 N–H and O–H groups in total. The molecule has 1 saturated heterocycles. The fraction of sp³-hybridized carbons (Fsp3) is 0.483. The van der Waals surface area contributed by atoms with E-state index in [1.165, 1.54) is 35.9 Å². The molecule has 0 unspecified atom stereocenters. The number of nitrogens with zero attached hydrogens (tertiary/aromatic N) is 3. The maximum Gasteiger partial charge on any atom is 0.336 e. The number of nitrogens with one attached hydrogen (secondary N) is 1. The zero-order valence-electron chi connectivity index (χ0n) is 21.3. The number of hydrogen-bond donors (Lipinski definition) is 1. The molecule has 186 valence electrons. The predicted molar refractivity (Wildman–Crippen MR) is 141 cm³/mol. The summed E-state index contributed by atoms with van der Waals surface area (Å²) in [5.41, 5.74) is 9.32. The van der Waals surface area contributed by atoms with Crippen LogP contribution in [0.15, 0.2) is 48.5 Å². The second kappa shape index (κ2) is 10.4. The van der Waals surface area contributed by atoms with Crippen LogP contribution in [0.25, 0.3) is 10.9 Å². The number of likely N-dealkylation sites (N-methyl/N-ethyl adjacent to an activating group) is 1. The number of aromatic nitrogens is 1. The summed E-state index contributed by atoms with van der Waals surface area (Å²) in [5.74, 6) is 0.548. The van der Waals surface area contributed by atoms with Gasteiger partial charge in [-0.3, -0.25) is 9.58 Å². The fourth-order valence-corrected chi connectivity index (χ4v) is 6.19. The van der Waals surface area contributed by atoms with Gasteiger partial charge >= 0.3 is 6.03 Å². The van der Waals surface area contributed by atoms with Crippen molar-refractivity contribution in [2.45, 2.75) is 65.2 Å². The Morgan fingerprint density at radius 2 is 1.86 bits per heavy atom. The van der Waals surface area contributed by atoms with Crippen molar-refractivity contribution in [3.05, 3.63) is 70.9 Å². The third-order valence-electron chi connectivity index (χ3n) is 7.96. The zero-order valence-corrected chi connectivity index (χ0v) is 21.3. The van der Waals surface area contributed by atoms with Gasteiger partial charge in [-0.2, -0.15) is 0 Å². The van der Waals surface area contributed by atoms with Crippen LogP contribution in [0.1, 0.15) is 61.9 Å². The van der Waals surface area contributed by atoms with Crippen LogP contribution in [0.2, 0.25) is 0 Å². The molecule has 0 saturated carbocycles. The zero-order chi connectivity index (χ0) is 24.4. The van der Waals surface area contributed by atoms with Gasteiger partial charge in [0.2, 0.25) is 0 Å². The van der Waals surface area contributed by atoms with E-state index in [1.807, 2.05) is 41.6 Å². The highest BCUT2D eigenvalue weighted by Gasteiger charge is 2.39. The molecule has 0 radical (unpaired) electrons. The lowest BCUT2D eigenvalue weighted by Gasteiger charge is -2.44. The van der Waals surface area contributed by atoms with Crippen LogP contribution < -0.4 is 5.43 Å². The summed E-state index contributed by atoms with van der Waals surface area (Å²) >= 11 is 0. The molecule has 0 spiro atoms. The Morgan fingerprint density at radius 3 is 2.60 bits per heavy atom. The summed E-state index contributed by atoms with van der Waals surface area (Å²) in [6, 6.07) is 17.3. The van der Waals surface area contributed by atoms with E-state index in [0.717, 1.165) is 29.7 Å². The van der Waals surface area contributed by atoms with Gasteiger partial charge in [0, 0.05) is 30.4 Å². The van der Waals surface area contributed by atoms with E-state index in [-0.39, 0.29) is 6.03 Å². The molecule has 2 aromatic carbocycles. The Balaban J connectivity index is 1.56. The van der Waals surface area contributed by atoms with Gasteiger partial charge < -0.3 is 9.64 Å². The second-order valence-electron chi connectivity index (χ2n) is 9.72. The van der Waals surface area contributed by atoms with Crippen LogP contribution in [0, 0.1) is 0 Å². The van der Waals surface area contributed by atoms with Gasteiger partial charge in [0.05, 0.1) is 24.4 Å². The third kappa shape index (κ3) is 4.45. The van der Waals surface area contributed by atoms with Crippen molar-refractivity contribution in [1.82, 2.24) is 14.5 Å². The molecular formula is C29H38N4O2. The molecule has 2 amide bonds. The largest absolute Gasteiger partial charge is 0.370 e. The van der Waals surface area contributed by atoms with Crippen LogP contribution in [-0.2, 0) is 24.4 Å². The molecule has 6 heteroatoms. The molecule has 2 atom stereocenters. The Labute approximate surface area is 208 Å². The molecule has 0 bridgehead atoms. The smallest absolute Gasteiger partial charge is 0.336 e. The van der Waals surface area contributed by atoms with Gasteiger partial charge in [-0.05, 0) is 69.0 Å². The first-order valence-corrected chi connectivity index (χ1v) is 13.2. The topological polar surface area (TPSA) is 49.7 Å². The minimum atomic E-state index is -0.0694. The number of hydrogen-bond acceptors (Lipinski definition) is 3. The number of carbonyl (C=O) groups excluding carboxylic acids is 1. The molecule has 1 aliphatic heterocycles. The van der Waals surface area contributed by atoms with Crippen molar-refractivity contribution in [3.8, 4) is 0 Å². The van der Waals surface area contributed by atoms with Crippen LogP contribution >= 0.6 is 0 Å². The molecule has 2 aliphatic rings. The molecule has 6 nitrogen and oxygen atoms in total. The maximum atomic E-state index is 13.2. The third-order valence-corrected chi connectivity index (χ3v) is 7.96. The van der Waals surface area contributed by atoms with Crippen molar-refractivity contribution in [1.29, 1.82) is 0 Å². The molecule has 1 aromatic heterocycles. The lowest BCUT2D eigenvalue weighted by molar-refractivity contribution is 0.101. The minimum absolute atomic E-state index is 0.0694. The molecule has 3 aromatic rings. The van der Waals surface area contributed by atoms with Gasteiger partial charge in [-0.25, -0.2) is 10.2 Å². The summed E-state index contributed by atoms with van der Waals surface area (Å²) in [4.78, 5) is 17.6. The molecule has 2 heterocycles. The van der Waals surface area contributed by atoms with Crippen molar-refractivity contribution < 1.29 is 9.53 Å². The summed E-state index contributed by atoms with van der Waals surface area (Å²) < 4.78 is 8.29. The standard InChI is InChI=1S/C29H38N4O2/c1-4-31(5-2)29(34)30-33-25-16-10-14-23-22-15-11-17-32(6-3)26(22)18-24(28(23)25)27(33)20-35-19-21-12-8-7-9-13-21/h7-10,12-14,16,22,26H,4-6,11,15,17-20H2,1-3H3,(H,30,34)/t22-,26-/m1/s1. The number of likely N-dealkylation sites (tertiary alicyclic amines) is 1. The quantitative estimate of drug-likeness (QED) is 0.470. The number of urea groups is 1. The van der Waals surface area contributed by atoms with E-state index < -0.39 is 0 Å². The highest BCUT2D eigenvalue weighted by molar-refractivity contribution is 5.93. The number of carbonyl (C=O) groups is 1. The van der Waals surface area contributed by atoms with Gasteiger partial charge in [-0.15, -0.1) is 0 Å². The van der Waals surface area contributed by atoms with E-state index in [9.17, 15) is 4.79 Å². The average molecular weight is 475 g/mol. The van der Waals surface area contributed by atoms with Gasteiger partial charge in [0.1, 0.15) is 0 Å². The molecular weight excluding hydrogens is 436 g/mol. The Morgan fingerprint density at radius 1 is 1.06 bits per heavy atom. The van der Waals surface area contributed by atoms with E-state index in [0.29, 0.717) is 38.3 Å². The Kier molecular flexibility index (Phi) is 7.12. The number of fused-ring (bicyclic) bond motifs is 2. The molecule has 1 fully saturated rings. The van der Waals surface area contributed by atoms with Gasteiger partial charge in [0.15, 0.2) is 0 Å². The van der Waals surface area contributed by atoms with E-state index >= 15 is 0 Å². The SMILES string of the molecule is CCN(CC)C(=O)Nn1c(COCc2ccccc2)c2c3c(cccc31)[C@H]1CCCN(CC)[C@@H]1C2. The Hall–Kier alpha value is -2.83. The second-order valence-corrected chi connectivity index (χ2v) is 9.72. The first-order valence-electron chi connectivity index (χ1n) is 13.2. The normalized spacial score (nSPS) is 19.5. The number of ether oxygens (including phenoxy) is 1. The monoisotopic (exact) mass is 474 g/mol. The van der Waals surface area contributed by atoms with Gasteiger partial charge in [0.25, 0.3) is 0 Å². The number of amides is 2. The van der Waals surface area contributed by atoms with Crippen molar-refractivity contribution >= 4 is 16.9 Å². The van der Waals surface area contributed by atoms with E-state index in [1.54, 1.807) is 0 Å². The van der Waals surface area contributed by atoms with Crippen LogP contribution in [-0.4, -0.2) is 52.7 Å². The van der Waals surface area contributed by atoms with Crippen molar-refractivity contribution in [2.24, 2.45) is 0 Å². The number of rotatable bonds is 8. The summed E-state index contributed by atoms with van der Waals surface area (Å²) in [6.07, 6.45) is 3.48.